The molecule has 5 atom stereocenters. The van der Waals surface area contributed by atoms with Gasteiger partial charge in [0.1, 0.15) is 11.5 Å². The van der Waals surface area contributed by atoms with Crippen LogP contribution in [0.1, 0.15) is 67.4 Å². The zero-order valence-electron chi connectivity index (χ0n) is 21.0. The Bertz CT molecular complexity index is 1370. The van der Waals surface area contributed by atoms with E-state index in [2.05, 4.69) is 14.5 Å². The molecule has 3 aliphatic carbocycles. The minimum atomic E-state index is -5.74. The molecule has 206 valence electrons. The molecule has 38 heavy (non-hydrogen) atoms. The maximum atomic E-state index is 13.2. The molecule has 0 aliphatic heterocycles. The topological polar surface area (TPSA) is 102 Å². The fraction of sp³-hybridized carbons (Fsp3) is 0.577. The van der Waals surface area contributed by atoms with E-state index in [9.17, 15) is 31.2 Å². The van der Waals surface area contributed by atoms with Crippen LogP contribution in [0.3, 0.4) is 0 Å². The quantitative estimate of drug-likeness (QED) is 0.351. The van der Waals surface area contributed by atoms with Crippen molar-refractivity contribution in [3.8, 4) is 5.75 Å². The van der Waals surface area contributed by atoms with Crippen LogP contribution < -0.4 is 9.50 Å². The largest absolute Gasteiger partial charge is 0.534 e. The van der Waals surface area contributed by atoms with Gasteiger partial charge in [-0.3, -0.25) is 9.59 Å². The SMILES string of the molecule is Cc1cnc(NC(=O)CCC2CC(=O)[C@@]3(C)CCC4c5ccc(OS(=O)(=O)C(F)(F)F)cc5CCC4C23)s1. The first-order valence-electron chi connectivity index (χ1n) is 12.7. The fourth-order valence-corrected chi connectivity index (χ4v) is 8.15. The Morgan fingerprint density at radius 2 is 2.05 bits per heavy atom. The Labute approximate surface area is 223 Å². The smallest absolute Gasteiger partial charge is 0.376 e. The molecule has 0 saturated heterocycles. The van der Waals surface area contributed by atoms with E-state index in [4.69, 9.17) is 0 Å². The van der Waals surface area contributed by atoms with E-state index in [1.54, 1.807) is 12.3 Å². The summed E-state index contributed by atoms with van der Waals surface area (Å²) in [7, 11) is -5.74. The number of aryl methyl sites for hydroxylation is 2. The van der Waals surface area contributed by atoms with Crippen molar-refractivity contribution in [3.63, 3.8) is 0 Å². The van der Waals surface area contributed by atoms with Gasteiger partial charge in [0.25, 0.3) is 0 Å². The molecule has 0 radical (unpaired) electrons. The van der Waals surface area contributed by atoms with Gasteiger partial charge >= 0.3 is 15.6 Å². The standard InChI is InChI=1S/C26H29F3N2O5S2/c1-14-13-30-24(37-14)31-22(33)8-4-16-12-21(32)25(2)10-9-19-18-7-5-17(36-38(34,35)26(27,28)29)11-15(18)3-6-20(19)23(16)25/h5,7,11,13,16,19-20,23H,3-4,6,8-10,12H2,1-2H3,(H,30,31,33)/t16?,19?,20?,23?,25-/m1/s1. The molecule has 12 heteroatoms. The van der Waals surface area contributed by atoms with E-state index in [-0.39, 0.29) is 41.1 Å². The van der Waals surface area contributed by atoms with Crippen LogP contribution in [0.25, 0.3) is 0 Å². The Morgan fingerprint density at radius 1 is 1.29 bits per heavy atom. The number of aromatic nitrogens is 1. The summed E-state index contributed by atoms with van der Waals surface area (Å²) in [6.07, 6.45) is 5.81. The van der Waals surface area contributed by atoms with Crippen LogP contribution in [0.4, 0.5) is 18.3 Å². The van der Waals surface area contributed by atoms with Crippen molar-refractivity contribution in [1.82, 2.24) is 4.98 Å². The van der Waals surface area contributed by atoms with Gasteiger partial charge in [0, 0.05) is 29.3 Å². The summed E-state index contributed by atoms with van der Waals surface area (Å²) in [5, 5.41) is 3.40. The van der Waals surface area contributed by atoms with Crippen molar-refractivity contribution in [1.29, 1.82) is 0 Å². The van der Waals surface area contributed by atoms with E-state index in [1.165, 1.54) is 23.5 Å². The van der Waals surface area contributed by atoms with E-state index < -0.39 is 21.0 Å². The number of Topliss-reactive ketones (excluding diaryl/α,β-unsaturated/α-hetero) is 1. The Morgan fingerprint density at radius 3 is 2.74 bits per heavy atom. The monoisotopic (exact) mass is 570 g/mol. The lowest BCUT2D eigenvalue weighted by molar-refractivity contribution is -0.129. The van der Waals surface area contributed by atoms with Gasteiger partial charge in [-0.25, -0.2) is 4.98 Å². The second-order valence-electron chi connectivity index (χ2n) is 10.9. The zero-order chi connectivity index (χ0) is 27.5. The lowest BCUT2D eigenvalue weighted by Crippen LogP contribution is -2.44. The van der Waals surface area contributed by atoms with Crippen LogP contribution in [-0.2, 0) is 26.1 Å². The predicted octanol–water partition coefficient (Wildman–Crippen LogP) is 5.75. The van der Waals surface area contributed by atoms with Crippen molar-refractivity contribution in [2.45, 2.75) is 70.2 Å². The number of hydrogen-bond acceptors (Lipinski definition) is 7. The van der Waals surface area contributed by atoms with Crippen molar-refractivity contribution < 1.29 is 35.4 Å². The summed E-state index contributed by atoms with van der Waals surface area (Å²) in [5.41, 5.74) is -4.18. The molecule has 5 rings (SSSR count). The number of benzene rings is 1. The van der Waals surface area contributed by atoms with Gasteiger partial charge in [0.05, 0.1) is 0 Å². The number of nitrogens with one attached hydrogen (secondary N) is 1. The summed E-state index contributed by atoms with van der Waals surface area (Å²) in [4.78, 5) is 30.9. The number of thiazole rings is 1. The van der Waals surface area contributed by atoms with Crippen molar-refractivity contribution in [2.75, 3.05) is 5.32 Å². The minimum Gasteiger partial charge on any atom is -0.376 e. The van der Waals surface area contributed by atoms with Crippen molar-refractivity contribution in [2.24, 2.45) is 23.2 Å². The van der Waals surface area contributed by atoms with Crippen molar-refractivity contribution >= 4 is 38.3 Å². The van der Waals surface area contributed by atoms with Gasteiger partial charge in [0.15, 0.2) is 5.13 Å². The molecule has 1 aromatic heterocycles. The molecule has 7 nitrogen and oxygen atoms in total. The minimum absolute atomic E-state index is 0.0742. The normalized spacial score (nSPS) is 28.8. The molecule has 3 aliphatic rings. The van der Waals surface area contributed by atoms with Gasteiger partial charge < -0.3 is 9.50 Å². The summed E-state index contributed by atoms with van der Waals surface area (Å²) in [6.45, 7) is 3.96. The van der Waals surface area contributed by atoms with Crippen LogP contribution >= 0.6 is 11.3 Å². The first-order chi connectivity index (χ1) is 17.8. The molecule has 0 spiro atoms. The first kappa shape index (κ1) is 27.1. The van der Waals surface area contributed by atoms with Gasteiger partial charge in [-0.15, -0.1) is 11.3 Å². The van der Waals surface area contributed by atoms with Gasteiger partial charge in [-0.2, -0.15) is 21.6 Å². The third-order valence-electron chi connectivity index (χ3n) is 8.64. The number of carbonyl (C=O) groups excluding carboxylic acids is 2. The van der Waals surface area contributed by atoms with E-state index >= 15 is 0 Å². The highest BCUT2D eigenvalue weighted by molar-refractivity contribution is 7.88. The maximum Gasteiger partial charge on any atom is 0.534 e. The lowest BCUT2D eigenvalue weighted by Gasteiger charge is -2.50. The highest BCUT2D eigenvalue weighted by atomic mass is 32.2. The van der Waals surface area contributed by atoms with Crippen LogP contribution in [0.2, 0.25) is 0 Å². The van der Waals surface area contributed by atoms with E-state index in [1.807, 2.05) is 13.8 Å². The predicted molar refractivity (Wildman–Crippen MR) is 135 cm³/mol. The van der Waals surface area contributed by atoms with Crippen LogP contribution in [0.15, 0.2) is 24.4 Å². The van der Waals surface area contributed by atoms with Crippen LogP contribution in [0.5, 0.6) is 5.75 Å². The van der Waals surface area contributed by atoms with E-state index in [0.29, 0.717) is 37.2 Å². The second-order valence-corrected chi connectivity index (χ2v) is 13.7. The number of alkyl halides is 3. The summed E-state index contributed by atoms with van der Waals surface area (Å²) >= 11 is 1.41. The molecule has 0 bridgehead atoms. The molecule has 2 saturated carbocycles. The Balaban J connectivity index is 1.32. The average molecular weight is 571 g/mol. The molecule has 1 amide bonds. The second kappa shape index (κ2) is 9.62. The van der Waals surface area contributed by atoms with Crippen LogP contribution in [0, 0.1) is 30.1 Å². The number of nitrogens with zero attached hydrogens (tertiary/aromatic N) is 1. The number of amides is 1. The van der Waals surface area contributed by atoms with Gasteiger partial charge in [0.2, 0.25) is 5.91 Å². The number of ketones is 1. The highest BCUT2D eigenvalue weighted by Crippen LogP contribution is 2.62. The molecule has 2 aromatic rings. The van der Waals surface area contributed by atoms with Gasteiger partial charge in [-0.1, -0.05) is 13.0 Å². The number of hydrogen-bond donors (Lipinski definition) is 1. The average Bonchev–Trinajstić information content (AvgIpc) is 3.35. The molecular weight excluding hydrogens is 541 g/mol. The molecule has 1 aromatic carbocycles. The molecule has 1 N–H and O–H groups in total. The summed E-state index contributed by atoms with van der Waals surface area (Å²) < 4.78 is 65.5. The van der Waals surface area contributed by atoms with E-state index in [0.717, 1.165) is 28.8 Å². The van der Waals surface area contributed by atoms with Crippen LogP contribution in [-0.4, -0.2) is 30.6 Å². The molecule has 1 heterocycles. The number of carbonyl (C=O) groups is 2. The summed E-state index contributed by atoms with van der Waals surface area (Å²) in [5.74, 6) is 0.273. The number of fused-ring (bicyclic) bond motifs is 5. The highest BCUT2D eigenvalue weighted by Gasteiger charge is 2.58. The number of rotatable bonds is 6. The third-order valence-corrected chi connectivity index (χ3v) is 10.4. The lowest BCUT2D eigenvalue weighted by atomic mass is 9.54. The zero-order valence-corrected chi connectivity index (χ0v) is 22.6. The first-order valence-corrected chi connectivity index (χ1v) is 14.9. The third kappa shape index (κ3) is 4.85. The Kier molecular flexibility index (Phi) is 6.86. The van der Waals surface area contributed by atoms with Crippen molar-refractivity contribution in [3.05, 3.63) is 40.4 Å². The fourth-order valence-electron chi connectivity index (χ4n) is 7.02. The molecular formula is C26H29F3N2O5S2. The molecule has 4 unspecified atom stereocenters. The Hall–Kier alpha value is -2.47. The van der Waals surface area contributed by atoms with Gasteiger partial charge in [-0.05, 0) is 86.0 Å². The maximum absolute atomic E-state index is 13.2. The summed E-state index contributed by atoms with van der Waals surface area (Å²) in [6, 6.07) is 4.34. The number of anilines is 1. The number of halogens is 3. The molecule has 2 fully saturated rings.